The number of benzene rings is 2. The zero-order valence-corrected chi connectivity index (χ0v) is 12.0. The van der Waals surface area contributed by atoms with Crippen LogP contribution >= 0.6 is 0 Å². The van der Waals surface area contributed by atoms with Gasteiger partial charge in [0.15, 0.2) is 23.9 Å². The van der Waals surface area contributed by atoms with Crippen LogP contribution in [0.4, 0.5) is 4.39 Å². The third-order valence-corrected chi connectivity index (χ3v) is 3.39. The van der Waals surface area contributed by atoms with Gasteiger partial charge in [0.1, 0.15) is 11.6 Å². The number of hydrogen-bond donors (Lipinski definition) is 0. The molecule has 3 aromatic rings. The lowest BCUT2D eigenvalue weighted by Crippen LogP contribution is -1.95. The summed E-state index contributed by atoms with van der Waals surface area (Å²) < 4.78 is 34.7. The molecule has 23 heavy (non-hydrogen) atoms. The van der Waals surface area contributed by atoms with E-state index in [2.05, 4.69) is 4.98 Å². The highest BCUT2D eigenvalue weighted by Crippen LogP contribution is 2.35. The first-order chi connectivity index (χ1) is 11.3. The number of fused-ring (bicyclic) bond motifs is 1. The van der Waals surface area contributed by atoms with Crippen LogP contribution in [0, 0.1) is 5.82 Å². The highest BCUT2D eigenvalue weighted by Gasteiger charge is 2.14. The largest absolute Gasteiger partial charge is 0.484 e. The molecule has 6 heteroatoms. The summed E-state index contributed by atoms with van der Waals surface area (Å²) >= 11 is 0. The Morgan fingerprint density at radius 3 is 2.74 bits per heavy atom. The third-order valence-electron chi connectivity index (χ3n) is 3.39. The zero-order chi connectivity index (χ0) is 15.6. The summed E-state index contributed by atoms with van der Waals surface area (Å²) in [5.41, 5.74) is 0.758. The van der Waals surface area contributed by atoms with Crippen LogP contribution in [-0.2, 0) is 6.61 Å². The van der Waals surface area contributed by atoms with Crippen molar-refractivity contribution < 1.29 is 23.0 Å². The minimum atomic E-state index is -0.292. The first-order valence-electron chi connectivity index (χ1n) is 7.01. The van der Waals surface area contributed by atoms with E-state index in [1.807, 2.05) is 0 Å². The Bertz CT molecular complexity index is 829. The van der Waals surface area contributed by atoms with Crippen molar-refractivity contribution in [2.45, 2.75) is 6.61 Å². The van der Waals surface area contributed by atoms with E-state index < -0.39 is 0 Å². The van der Waals surface area contributed by atoms with Crippen molar-refractivity contribution >= 4 is 0 Å². The fourth-order valence-electron chi connectivity index (χ4n) is 2.24. The van der Waals surface area contributed by atoms with Crippen LogP contribution in [0.2, 0.25) is 0 Å². The average molecular weight is 313 g/mol. The van der Waals surface area contributed by atoms with Crippen LogP contribution < -0.4 is 14.2 Å². The summed E-state index contributed by atoms with van der Waals surface area (Å²) in [6, 6.07) is 11.4. The molecule has 2 aromatic carbocycles. The van der Waals surface area contributed by atoms with E-state index >= 15 is 0 Å². The standard InChI is InChI=1S/C17H12FNO4/c18-12-3-1-11(2-4-12)16-8-19-17(23-16)9-20-13-5-6-14-15(7-13)22-10-21-14/h1-8H,9-10H2. The Balaban J connectivity index is 1.44. The molecule has 5 nitrogen and oxygen atoms in total. The molecule has 0 atom stereocenters. The summed E-state index contributed by atoms with van der Waals surface area (Å²) in [5, 5.41) is 0. The number of hydrogen-bond acceptors (Lipinski definition) is 5. The minimum Gasteiger partial charge on any atom is -0.484 e. The molecule has 4 rings (SSSR count). The molecule has 0 N–H and O–H groups in total. The Kier molecular flexibility index (Phi) is 3.34. The molecule has 0 amide bonds. The van der Waals surface area contributed by atoms with E-state index in [0.29, 0.717) is 28.9 Å². The van der Waals surface area contributed by atoms with E-state index in [9.17, 15) is 4.39 Å². The number of halogens is 1. The molecular formula is C17H12FNO4. The number of nitrogens with zero attached hydrogens (tertiary/aromatic N) is 1. The summed E-state index contributed by atoms with van der Waals surface area (Å²) in [6.07, 6.45) is 1.59. The molecule has 116 valence electrons. The van der Waals surface area contributed by atoms with Gasteiger partial charge in [0, 0.05) is 11.6 Å². The van der Waals surface area contributed by atoms with Gasteiger partial charge in [-0.05, 0) is 36.4 Å². The Hall–Kier alpha value is -3.02. The lowest BCUT2D eigenvalue weighted by Gasteiger charge is -2.04. The van der Waals surface area contributed by atoms with Gasteiger partial charge in [-0.1, -0.05) is 0 Å². The summed E-state index contributed by atoms with van der Waals surface area (Å²) in [5.74, 6) is 2.70. The highest BCUT2D eigenvalue weighted by molar-refractivity contribution is 5.55. The number of rotatable bonds is 4. The Labute approximate surface area is 131 Å². The Morgan fingerprint density at radius 1 is 1.04 bits per heavy atom. The fraction of sp³-hybridized carbons (Fsp3) is 0.118. The van der Waals surface area contributed by atoms with E-state index in [4.69, 9.17) is 18.6 Å². The van der Waals surface area contributed by atoms with Crippen molar-refractivity contribution in [2.24, 2.45) is 0 Å². The molecule has 1 aliphatic rings. The molecule has 0 fully saturated rings. The lowest BCUT2D eigenvalue weighted by molar-refractivity contribution is 0.173. The maximum atomic E-state index is 12.9. The zero-order valence-electron chi connectivity index (χ0n) is 12.0. The second-order valence-electron chi connectivity index (χ2n) is 4.93. The molecule has 0 bridgehead atoms. The Morgan fingerprint density at radius 2 is 1.87 bits per heavy atom. The third kappa shape index (κ3) is 2.83. The molecule has 0 saturated carbocycles. The maximum Gasteiger partial charge on any atom is 0.232 e. The fourth-order valence-corrected chi connectivity index (χ4v) is 2.24. The quantitative estimate of drug-likeness (QED) is 0.733. The summed E-state index contributed by atoms with van der Waals surface area (Å²) in [4.78, 5) is 4.16. The van der Waals surface area contributed by atoms with E-state index in [0.717, 1.165) is 5.56 Å². The SMILES string of the molecule is Fc1ccc(-c2cnc(COc3ccc4c(c3)OCO4)o2)cc1. The van der Waals surface area contributed by atoms with Crippen LogP contribution in [-0.4, -0.2) is 11.8 Å². The van der Waals surface area contributed by atoms with Gasteiger partial charge in [-0.2, -0.15) is 0 Å². The highest BCUT2D eigenvalue weighted by atomic mass is 19.1. The van der Waals surface area contributed by atoms with Gasteiger partial charge >= 0.3 is 0 Å². The average Bonchev–Trinajstić information content (AvgIpc) is 3.22. The maximum absolute atomic E-state index is 12.9. The van der Waals surface area contributed by atoms with Gasteiger partial charge < -0.3 is 18.6 Å². The molecule has 1 aliphatic heterocycles. The van der Waals surface area contributed by atoms with Gasteiger partial charge in [0.25, 0.3) is 0 Å². The predicted octanol–water partition coefficient (Wildman–Crippen LogP) is 3.79. The van der Waals surface area contributed by atoms with Crippen molar-refractivity contribution in [1.29, 1.82) is 0 Å². The topological polar surface area (TPSA) is 53.7 Å². The summed E-state index contributed by atoms with van der Waals surface area (Å²) in [7, 11) is 0. The normalized spacial score (nSPS) is 12.4. The van der Waals surface area contributed by atoms with Gasteiger partial charge in [-0.15, -0.1) is 0 Å². The number of aromatic nitrogens is 1. The molecule has 2 heterocycles. The molecule has 0 saturated heterocycles. The van der Waals surface area contributed by atoms with Gasteiger partial charge in [-0.25, -0.2) is 9.37 Å². The van der Waals surface area contributed by atoms with Crippen LogP contribution in [0.5, 0.6) is 17.2 Å². The van der Waals surface area contributed by atoms with Crippen LogP contribution in [0.3, 0.4) is 0 Å². The van der Waals surface area contributed by atoms with E-state index in [-0.39, 0.29) is 19.2 Å². The van der Waals surface area contributed by atoms with Crippen LogP contribution in [0.15, 0.2) is 53.1 Å². The van der Waals surface area contributed by atoms with E-state index in [1.165, 1.54) is 12.1 Å². The molecular weight excluding hydrogens is 301 g/mol. The number of ether oxygens (including phenoxy) is 3. The predicted molar refractivity (Wildman–Crippen MR) is 78.8 cm³/mol. The second kappa shape index (κ2) is 5.64. The van der Waals surface area contributed by atoms with Crippen LogP contribution in [0.25, 0.3) is 11.3 Å². The second-order valence-corrected chi connectivity index (χ2v) is 4.93. The molecule has 0 spiro atoms. The van der Waals surface area contributed by atoms with Gasteiger partial charge in [0.2, 0.25) is 12.7 Å². The smallest absolute Gasteiger partial charge is 0.232 e. The van der Waals surface area contributed by atoms with E-state index in [1.54, 1.807) is 36.5 Å². The molecule has 1 aromatic heterocycles. The molecule has 0 radical (unpaired) electrons. The van der Waals surface area contributed by atoms with Crippen LogP contribution in [0.1, 0.15) is 5.89 Å². The first kappa shape index (κ1) is 13.6. The minimum absolute atomic E-state index is 0.181. The van der Waals surface area contributed by atoms with Crippen molar-refractivity contribution in [2.75, 3.05) is 6.79 Å². The van der Waals surface area contributed by atoms with Crippen molar-refractivity contribution in [3.05, 3.63) is 60.4 Å². The van der Waals surface area contributed by atoms with Crippen molar-refractivity contribution in [3.8, 4) is 28.6 Å². The molecule has 0 unspecified atom stereocenters. The molecule has 0 aliphatic carbocycles. The first-order valence-corrected chi connectivity index (χ1v) is 7.01. The lowest BCUT2D eigenvalue weighted by atomic mass is 10.2. The van der Waals surface area contributed by atoms with Crippen molar-refractivity contribution in [1.82, 2.24) is 4.98 Å². The van der Waals surface area contributed by atoms with Gasteiger partial charge in [0.05, 0.1) is 6.20 Å². The van der Waals surface area contributed by atoms with Gasteiger partial charge in [-0.3, -0.25) is 0 Å². The van der Waals surface area contributed by atoms with Crippen molar-refractivity contribution in [3.63, 3.8) is 0 Å². The number of oxazole rings is 1. The summed E-state index contributed by atoms with van der Waals surface area (Å²) in [6.45, 7) is 0.403. The monoisotopic (exact) mass is 313 g/mol.